The van der Waals surface area contributed by atoms with Crippen molar-refractivity contribution in [3.8, 4) is 0 Å². The number of methoxy groups -OCH3 is 6. The molecule has 14 nitrogen and oxygen atoms in total. The number of Topliss-reactive ketones (excluding diaryl/α,β-unsaturated/α-hetero) is 2. The van der Waals surface area contributed by atoms with Crippen molar-refractivity contribution >= 4 is 23.5 Å². The van der Waals surface area contributed by atoms with Crippen LogP contribution < -0.4 is 10.6 Å². The second kappa shape index (κ2) is 20.3. The fourth-order valence-electron chi connectivity index (χ4n) is 2.36. The molecule has 1 unspecified atom stereocenters. The molecule has 0 aliphatic carbocycles. The van der Waals surface area contributed by atoms with Crippen molar-refractivity contribution in [2.24, 2.45) is 0 Å². The van der Waals surface area contributed by atoms with E-state index in [4.69, 9.17) is 33.9 Å². The van der Waals surface area contributed by atoms with E-state index in [1.54, 1.807) is 0 Å². The van der Waals surface area contributed by atoms with Crippen LogP contribution in [-0.2, 0) is 47.6 Å². The Hall–Kier alpha value is -2.88. The highest BCUT2D eigenvalue weighted by molar-refractivity contribution is 6.18. The summed E-state index contributed by atoms with van der Waals surface area (Å²) in [7, 11) is 8.49. The number of aliphatic carboxylic acids is 2. The van der Waals surface area contributed by atoms with Crippen LogP contribution in [0.3, 0.4) is 0 Å². The van der Waals surface area contributed by atoms with E-state index in [-0.39, 0.29) is 36.5 Å². The molecule has 0 aromatic heterocycles. The second-order valence-electron chi connectivity index (χ2n) is 6.86. The van der Waals surface area contributed by atoms with Gasteiger partial charge in [-0.15, -0.1) is 0 Å². The van der Waals surface area contributed by atoms with Crippen LogP contribution in [0.5, 0.6) is 0 Å². The number of carbonyl (C=O) groups is 4. The SMILES string of the molecule is COC(CNC=C(C(=O)O)C(=O)C(C)OC)OC.COCC(=O)C(C(=O)O)=C(C)NCC(OC)OC. The summed E-state index contributed by atoms with van der Waals surface area (Å²) >= 11 is 0. The maximum Gasteiger partial charge on any atom is 0.341 e. The predicted octanol–water partition coefficient (Wildman–Crippen LogP) is -0.464. The number of nitrogens with one attached hydrogen (secondary N) is 2. The molecule has 0 rings (SSSR count). The average Bonchev–Trinajstić information content (AvgIpc) is 2.84. The highest BCUT2D eigenvalue weighted by Crippen LogP contribution is 2.05. The minimum atomic E-state index is -1.32. The molecule has 0 aromatic carbocycles. The molecule has 0 radical (unpaired) electrons. The lowest BCUT2D eigenvalue weighted by molar-refractivity contribution is -0.137. The fraction of sp³-hybridized carbons (Fsp3) is 0.636. The first-order chi connectivity index (χ1) is 16.9. The number of carboxylic acid groups (broad SMARTS) is 2. The zero-order valence-corrected chi connectivity index (χ0v) is 21.9. The Bertz CT molecular complexity index is 758. The van der Waals surface area contributed by atoms with Crippen LogP contribution in [0.2, 0.25) is 0 Å². The standard InChI is InChI=1S/2C11H19NO6/c1-7(12-5-9(17-3)18-4)10(11(14)15)8(13)6-16-2;1-7(16-2)10(13)8(11(14)15)5-12-6-9(17-3)18-4/h9,12H,5-6H2,1-4H3,(H,14,15);5,7,9,12H,6H2,1-4H3,(H,14,15). The zero-order chi connectivity index (χ0) is 28.3. The molecule has 0 aliphatic rings. The van der Waals surface area contributed by atoms with Crippen molar-refractivity contribution in [1.82, 2.24) is 10.6 Å². The van der Waals surface area contributed by atoms with E-state index < -0.39 is 42.2 Å². The van der Waals surface area contributed by atoms with Crippen molar-refractivity contribution in [3.05, 3.63) is 23.0 Å². The number of hydrogen-bond acceptors (Lipinski definition) is 12. The van der Waals surface area contributed by atoms with E-state index in [2.05, 4.69) is 15.4 Å². The van der Waals surface area contributed by atoms with Gasteiger partial charge in [-0.3, -0.25) is 9.59 Å². The number of carboxylic acids is 2. The largest absolute Gasteiger partial charge is 0.478 e. The Balaban J connectivity index is 0. The molecular weight excluding hydrogens is 484 g/mol. The lowest BCUT2D eigenvalue weighted by Crippen LogP contribution is -2.31. The van der Waals surface area contributed by atoms with Crippen molar-refractivity contribution in [1.29, 1.82) is 0 Å². The van der Waals surface area contributed by atoms with E-state index >= 15 is 0 Å². The number of ether oxygens (including phenoxy) is 6. The summed E-state index contributed by atoms with van der Waals surface area (Å²) in [6.45, 7) is 3.15. The number of rotatable bonds is 18. The van der Waals surface area contributed by atoms with Gasteiger partial charge in [-0.1, -0.05) is 0 Å². The second-order valence-corrected chi connectivity index (χ2v) is 6.86. The minimum Gasteiger partial charge on any atom is -0.478 e. The molecule has 208 valence electrons. The molecule has 14 heteroatoms. The van der Waals surface area contributed by atoms with E-state index in [1.807, 2.05) is 0 Å². The van der Waals surface area contributed by atoms with Gasteiger partial charge in [0.2, 0.25) is 0 Å². The highest BCUT2D eigenvalue weighted by Gasteiger charge is 2.23. The Morgan fingerprint density at radius 2 is 1.31 bits per heavy atom. The highest BCUT2D eigenvalue weighted by atomic mass is 16.7. The van der Waals surface area contributed by atoms with Crippen molar-refractivity contribution in [2.45, 2.75) is 32.5 Å². The molecular formula is C22H38N2O12. The first-order valence-corrected chi connectivity index (χ1v) is 10.5. The number of carbonyl (C=O) groups excluding carboxylic acids is 2. The number of ketones is 2. The maximum atomic E-state index is 11.7. The molecule has 0 fully saturated rings. The topological polar surface area (TPSA) is 188 Å². The van der Waals surface area contributed by atoms with Gasteiger partial charge >= 0.3 is 11.9 Å². The van der Waals surface area contributed by atoms with Crippen LogP contribution in [0, 0.1) is 0 Å². The molecule has 0 bridgehead atoms. The Morgan fingerprint density at radius 3 is 1.69 bits per heavy atom. The zero-order valence-electron chi connectivity index (χ0n) is 21.9. The Kier molecular flexibility index (Phi) is 19.9. The summed E-state index contributed by atoms with van der Waals surface area (Å²) in [6, 6.07) is 0. The van der Waals surface area contributed by atoms with Gasteiger partial charge in [-0.05, 0) is 13.8 Å². The molecule has 0 amide bonds. The molecule has 1 atom stereocenters. The van der Waals surface area contributed by atoms with E-state index in [0.29, 0.717) is 0 Å². The molecule has 0 aromatic rings. The number of hydrogen-bond donors (Lipinski definition) is 4. The van der Waals surface area contributed by atoms with Gasteiger partial charge in [0.25, 0.3) is 0 Å². The fourth-order valence-corrected chi connectivity index (χ4v) is 2.36. The first-order valence-electron chi connectivity index (χ1n) is 10.5. The van der Waals surface area contributed by atoms with E-state index in [1.165, 1.54) is 56.5 Å². The molecule has 0 heterocycles. The predicted molar refractivity (Wildman–Crippen MR) is 126 cm³/mol. The van der Waals surface area contributed by atoms with Gasteiger partial charge in [0.05, 0.1) is 13.1 Å². The van der Waals surface area contributed by atoms with Gasteiger partial charge < -0.3 is 49.3 Å². The number of allylic oxidation sites excluding steroid dienone is 1. The summed E-state index contributed by atoms with van der Waals surface area (Å²) in [5, 5.41) is 23.3. The first kappa shape index (κ1) is 35.3. The lowest BCUT2D eigenvalue weighted by Gasteiger charge is -2.16. The Labute approximate surface area is 210 Å². The van der Waals surface area contributed by atoms with Gasteiger partial charge in [0.1, 0.15) is 23.9 Å². The normalized spacial score (nSPS) is 12.9. The molecule has 4 N–H and O–H groups in total. The Morgan fingerprint density at radius 1 is 0.806 bits per heavy atom. The van der Waals surface area contributed by atoms with Gasteiger partial charge in [-0.25, -0.2) is 9.59 Å². The summed E-state index contributed by atoms with van der Waals surface area (Å²) < 4.78 is 29.1. The van der Waals surface area contributed by atoms with Crippen LogP contribution in [0.1, 0.15) is 13.8 Å². The lowest BCUT2D eigenvalue weighted by atomic mass is 10.1. The average molecular weight is 523 g/mol. The van der Waals surface area contributed by atoms with Crippen LogP contribution in [0.4, 0.5) is 0 Å². The van der Waals surface area contributed by atoms with E-state index in [9.17, 15) is 19.2 Å². The summed E-state index contributed by atoms with van der Waals surface area (Å²) in [5.74, 6) is -3.82. The third-order valence-corrected chi connectivity index (χ3v) is 4.48. The van der Waals surface area contributed by atoms with Crippen LogP contribution in [0.15, 0.2) is 23.0 Å². The van der Waals surface area contributed by atoms with Crippen molar-refractivity contribution in [3.63, 3.8) is 0 Å². The van der Waals surface area contributed by atoms with Crippen LogP contribution in [0.25, 0.3) is 0 Å². The van der Waals surface area contributed by atoms with Crippen molar-refractivity contribution in [2.75, 3.05) is 62.4 Å². The summed E-state index contributed by atoms with van der Waals surface area (Å²) in [6.07, 6.45) is -0.737. The smallest absolute Gasteiger partial charge is 0.341 e. The molecule has 0 saturated heterocycles. The summed E-state index contributed by atoms with van der Waals surface area (Å²) in [4.78, 5) is 45.1. The third kappa shape index (κ3) is 13.9. The molecule has 36 heavy (non-hydrogen) atoms. The third-order valence-electron chi connectivity index (χ3n) is 4.48. The monoisotopic (exact) mass is 522 g/mol. The molecule has 0 spiro atoms. The summed E-state index contributed by atoms with van der Waals surface area (Å²) in [5.41, 5.74) is -0.471. The minimum absolute atomic E-state index is 0.221. The quantitative estimate of drug-likeness (QED) is 0.0783. The van der Waals surface area contributed by atoms with Gasteiger partial charge in [-0.2, -0.15) is 0 Å². The van der Waals surface area contributed by atoms with Crippen LogP contribution >= 0.6 is 0 Å². The van der Waals surface area contributed by atoms with Gasteiger partial charge in [0, 0.05) is 54.6 Å². The van der Waals surface area contributed by atoms with Gasteiger partial charge in [0.15, 0.2) is 24.1 Å². The molecule has 0 saturated carbocycles. The van der Waals surface area contributed by atoms with E-state index in [0.717, 1.165) is 6.20 Å². The van der Waals surface area contributed by atoms with Crippen molar-refractivity contribution < 1.29 is 57.8 Å². The van der Waals surface area contributed by atoms with Crippen LogP contribution in [-0.4, -0.2) is 115 Å². The maximum absolute atomic E-state index is 11.7. The molecule has 0 aliphatic heterocycles.